The van der Waals surface area contributed by atoms with E-state index in [0.717, 1.165) is 51.7 Å². The molecule has 2 amide bonds. The van der Waals surface area contributed by atoms with Crippen LogP contribution in [-0.4, -0.2) is 57.9 Å². The lowest BCUT2D eigenvalue weighted by Gasteiger charge is -2.37. The van der Waals surface area contributed by atoms with Gasteiger partial charge in [-0.3, -0.25) is 9.59 Å². The number of amides is 2. The maximum Gasteiger partial charge on any atom is 0.227 e. The van der Waals surface area contributed by atoms with Crippen molar-refractivity contribution < 1.29 is 14.1 Å². The Bertz CT molecular complexity index is 592. The molecule has 3 heterocycles. The standard InChI is InChI=1S/C17H26N4O3/c1-12-18-16(24-19-12)10-14-5-8-20(9-6-14)17(23)15-4-3-7-21(11-15)13(2)22/h14-15H,3-11H2,1-2H3/t15-/m1/s1. The maximum absolute atomic E-state index is 12.7. The Morgan fingerprint density at radius 2 is 1.92 bits per heavy atom. The summed E-state index contributed by atoms with van der Waals surface area (Å²) in [4.78, 5) is 32.3. The van der Waals surface area contributed by atoms with Crippen LogP contribution in [-0.2, 0) is 16.0 Å². The van der Waals surface area contributed by atoms with Gasteiger partial charge in [0.05, 0.1) is 5.92 Å². The van der Waals surface area contributed by atoms with Gasteiger partial charge < -0.3 is 14.3 Å². The molecular formula is C17H26N4O3. The minimum atomic E-state index is -0.0298. The highest BCUT2D eigenvalue weighted by molar-refractivity contribution is 5.80. The van der Waals surface area contributed by atoms with Gasteiger partial charge in [0, 0.05) is 39.5 Å². The Labute approximate surface area is 142 Å². The zero-order valence-electron chi connectivity index (χ0n) is 14.5. The van der Waals surface area contributed by atoms with E-state index in [-0.39, 0.29) is 17.7 Å². The zero-order valence-corrected chi connectivity index (χ0v) is 14.5. The van der Waals surface area contributed by atoms with Crippen molar-refractivity contribution in [1.29, 1.82) is 0 Å². The lowest BCUT2D eigenvalue weighted by Crippen LogP contribution is -2.48. The van der Waals surface area contributed by atoms with Crippen LogP contribution < -0.4 is 0 Å². The van der Waals surface area contributed by atoms with Crippen LogP contribution in [0.25, 0.3) is 0 Å². The molecule has 0 radical (unpaired) electrons. The van der Waals surface area contributed by atoms with Crippen LogP contribution in [0, 0.1) is 18.8 Å². The molecule has 2 aliphatic rings. The van der Waals surface area contributed by atoms with Crippen molar-refractivity contribution in [3.05, 3.63) is 11.7 Å². The van der Waals surface area contributed by atoms with Crippen LogP contribution in [0.1, 0.15) is 44.3 Å². The number of nitrogens with zero attached hydrogens (tertiary/aromatic N) is 4. The maximum atomic E-state index is 12.7. The van der Waals surface area contributed by atoms with E-state index in [0.29, 0.717) is 24.2 Å². The van der Waals surface area contributed by atoms with Crippen molar-refractivity contribution in [3.8, 4) is 0 Å². The summed E-state index contributed by atoms with van der Waals surface area (Å²) in [7, 11) is 0. The number of piperidine rings is 2. The van der Waals surface area contributed by atoms with Crippen molar-refractivity contribution in [1.82, 2.24) is 19.9 Å². The molecule has 1 atom stereocenters. The first-order valence-electron chi connectivity index (χ1n) is 8.86. The third kappa shape index (κ3) is 3.94. The first-order chi connectivity index (χ1) is 11.5. The van der Waals surface area contributed by atoms with Gasteiger partial charge >= 0.3 is 0 Å². The van der Waals surface area contributed by atoms with Crippen LogP contribution in [0.15, 0.2) is 4.52 Å². The fraction of sp³-hybridized carbons (Fsp3) is 0.765. The quantitative estimate of drug-likeness (QED) is 0.835. The van der Waals surface area contributed by atoms with E-state index in [2.05, 4.69) is 10.1 Å². The van der Waals surface area contributed by atoms with Crippen LogP contribution in [0.2, 0.25) is 0 Å². The summed E-state index contributed by atoms with van der Waals surface area (Å²) in [5.41, 5.74) is 0. The van der Waals surface area contributed by atoms with E-state index in [1.807, 2.05) is 11.8 Å². The molecule has 3 rings (SSSR count). The third-order valence-electron chi connectivity index (χ3n) is 5.18. The van der Waals surface area contributed by atoms with Gasteiger partial charge in [0.25, 0.3) is 0 Å². The van der Waals surface area contributed by atoms with E-state index >= 15 is 0 Å². The predicted octanol–water partition coefficient (Wildman–Crippen LogP) is 1.42. The molecule has 0 aromatic carbocycles. The molecule has 0 unspecified atom stereocenters. The summed E-state index contributed by atoms with van der Waals surface area (Å²) in [5, 5.41) is 3.82. The number of hydrogen-bond acceptors (Lipinski definition) is 5. The van der Waals surface area contributed by atoms with Crippen LogP contribution >= 0.6 is 0 Å². The summed E-state index contributed by atoms with van der Waals surface area (Å²) >= 11 is 0. The highest BCUT2D eigenvalue weighted by Gasteiger charge is 2.32. The van der Waals surface area contributed by atoms with Crippen molar-refractivity contribution in [3.63, 3.8) is 0 Å². The van der Waals surface area contributed by atoms with E-state index in [1.54, 1.807) is 11.8 Å². The molecular weight excluding hydrogens is 308 g/mol. The molecule has 132 valence electrons. The fourth-order valence-corrected chi connectivity index (χ4v) is 3.75. The highest BCUT2D eigenvalue weighted by atomic mass is 16.5. The minimum Gasteiger partial charge on any atom is -0.342 e. The molecule has 1 aromatic heterocycles. The van der Waals surface area contributed by atoms with Crippen LogP contribution in [0.4, 0.5) is 0 Å². The molecule has 0 saturated carbocycles. The molecule has 1 aromatic rings. The van der Waals surface area contributed by atoms with Crippen molar-refractivity contribution in [2.75, 3.05) is 26.2 Å². The van der Waals surface area contributed by atoms with Gasteiger partial charge in [-0.2, -0.15) is 4.98 Å². The molecule has 2 aliphatic heterocycles. The number of aryl methyl sites for hydroxylation is 1. The second-order valence-electron chi connectivity index (χ2n) is 7.01. The van der Waals surface area contributed by atoms with E-state index < -0.39 is 0 Å². The fourth-order valence-electron chi connectivity index (χ4n) is 3.75. The second kappa shape index (κ2) is 7.32. The normalized spacial score (nSPS) is 22.7. The number of aromatic nitrogens is 2. The van der Waals surface area contributed by atoms with E-state index in [1.165, 1.54) is 0 Å². The summed E-state index contributed by atoms with van der Waals surface area (Å²) in [6.45, 7) is 6.33. The zero-order chi connectivity index (χ0) is 17.1. The van der Waals surface area contributed by atoms with Gasteiger partial charge in [-0.25, -0.2) is 0 Å². The van der Waals surface area contributed by atoms with Gasteiger partial charge in [0.1, 0.15) is 0 Å². The average Bonchev–Trinajstić information content (AvgIpc) is 3.00. The highest BCUT2D eigenvalue weighted by Crippen LogP contribution is 2.25. The average molecular weight is 334 g/mol. The molecule has 2 saturated heterocycles. The molecule has 0 bridgehead atoms. The van der Waals surface area contributed by atoms with Crippen molar-refractivity contribution in [2.45, 2.75) is 46.0 Å². The Kier molecular flexibility index (Phi) is 5.16. The Hall–Kier alpha value is -1.92. The van der Waals surface area contributed by atoms with Crippen LogP contribution in [0.3, 0.4) is 0 Å². The molecule has 7 nitrogen and oxygen atoms in total. The topological polar surface area (TPSA) is 79.5 Å². The second-order valence-corrected chi connectivity index (χ2v) is 7.01. The molecule has 7 heteroatoms. The molecule has 0 N–H and O–H groups in total. The molecule has 2 fully saturated rings. The predicted molar refractivity (Wildman–Crippen MR) is 87.0 cm³/mol. The largest absolute Gasteiger partial charge is 0.342 e. The summed E-state index contributed by atoms with van der Waals surface area (Å²) < 4.78 is 5.19. The van der Waals surface area contributed by atoms with Gasteiger partial charge in [0.15, 0.2) is 5.82 Å². The first kappa shape index (κ1) is 16.9. The smallest absolute Gasteiger partial charge is 0.227 e. The van der Waals surface area contributed by atoms with Gasteiger partial charge in [-0.05, 0) is 38.5 Å². The Morgan fingerprint density at radius 3 is 2.54 bits per heavy atom. The van der Waals surface area contributed by atoms with Crippen molar-refractivity contribution in [2.24, 2.45) is 11.8 Å². The van der Waals surface area contributed by atoms with Gasteiger partial charge in [0.2, 0.25) is 17.7 Å². The molecule has 0 aliphatic carbocycles. The van der Waals surface area contributed by atoms with Gasteiger partial charge in [-0.1, -0.05) is 5.16 Å². The lowest BCUT2D eigenvalue weighted by atomic mass is 9.91. The van der Waals surface area contributed by atoms with E-state index in [9.17, 15) is 9.59 Å². The Morgan fingerprint density at radius 1 is 1.17 bits per heavy atom. The number of likely N-dealkylation sites (tertiary alicyclic amines) is 2. The SMILES string of the molecule is CC(=O)N1CCC[C@@H](C(=O)N2CCC(Cc3nc(C)no3)CC2)C1. The number of carbonyl (C=O) groups excluding carboxylic acids is 2. The number of carbonyl (C=O) groups is 2. The minimum absolute atomic E-state index is 0.0298. The van der Waals surface area contributed by atoms with Crippen molar-refractivity contribution >= 4 is 11.8 Å². The number of rotatable bonds is 3. The first-order valence-corrected chi connectivity index (χ1v) is 8.86. The molecule has 24 heavy (non-hydrogen) atoms. The summed E-state index contributed by atoms with van der Waals surface area (Å²) in [6, 6.07) is 0. The summed E-state index contributed by atoms with van der Waals surface area (Å²) in [5.74, 6) is 2.12. The molecule has 0 spiro atoms. The summed E-state index contributed by atoms with van der Waals surface area (Å²) in [6.07, 6.45) is 4.55. The lowest BCUT2D eigenvalue weighted by molar-refractivity contribution is -0.141. The monoisotopic (exact) mass is 334 g/mol. The van der Waals surface area contributed by atoms with Gasteiger partial charge in [-0.15, -0.1) is 0 Å². The van der Waals surface area contributed by atoms with E-state index in [4.69, 9.17) is 4.52 Å². The number of hydrogen-bond donors (Lipinski definition) is 0. The van der Waals surface area contributed by atoms with Crippen LogP contribution in [0.5, 0.6) is 0 Å². The third-order valence-corrected chi connectivity index (χ3v) is 5.18. The Balaban J connectivity index is 1.49.